The number of carbonyl (C=O) groups is 2. The average Bonchev–Trinajstić information content (AvgIpc) is 3.54. The highest BCUT2D eigenvalue weighted by atomic mass is 35.5. The molecule has 202 valence electrons. The summed E-state index contributed by atoms with van der Waals surface area (Å²) in [4.78, 5) is 27.2. The number of fused-ring (bicyclic) bond motifs is 1. The molecule has 11 heteroatoms. The number of hydrogen-bond acceptors (Lipinski definition) is 5. The summed E-state index contributed by atoms with van der Waals surface area (Å²) in [5.41, 5.74) is 2.50. The van der Waals surface area contributed by atoms with Crippen LogP contribution in [0.4, 0.5) is 18.2 Å². The number of aromatic nitrogens is 2. The molecule has 0 bridgehead atoms. The van der Waals surface area contributed by atoms with Gasteiger partial charge in [0.25, 0.3) is 11.8 Å². The van der Waals surface area contributed by atoms with E-state index in [4.69, 9.17) is 11.6 Å². The summed E-state index contributed by atoms with van der Waals surface area (Å²) < 4.78 is 43.0. The van der Waals surface area contributed by atoms with Crippen molar-refractivity contribution in [3.8, 4) is 11.3 Å². The second kappa shape index (κ2) is 10.5. The van der Waals surface area contributed by atoms with E-state index in [2.05, 4.69) is 10.4 Å². The van der Waals surface area contributed by atoms with Crippen LogP contribution in [0.25, 0.3) is 11.3 Å². The minimum Gasteiger partial charge on any atom is -0.372 e. The van der Waals surface area contributed by atoms with Gasteiger partial charge in [-0.05, 0) is 42.7 Å². The molecule has 6 nitrogen and oxygen atoms in total. The van der Waals surface area contributed by atoms with Gasteiger partial charge in [0.05, 0.1) is 27.4 Å². The molecule has 1 N–H and O–H groups in total. The number of alkyl halides is 3. The molecule has 0 saturated carbocycles. The number of aryl methyl sites for hydroxylation is 1. The fourth-order valence-electron chi connectivity index (χ4n) is 4.97. The van der Waals surface area contributed by atoms with Crippen molar-refractivity contribution in [3.05, 3.63) is 92.9 Å². The Morgan fingerprint density at radius 2 is 1.69 bits per heavy atom. The monoisotopic (exact) mass is 572 g/mol. The van der Waals surface area contributed by atoms with Gasteiger partial charge in [-0.15, -0.1) is 11.3 Å². The molecule has 0 spiro atoms. The molecule has 39 heavy (non-hydrogen) atoms. The molecule has 0 fully saturated rings. The van der Waals surface area contributed by atoms with Crippen molar-refractivity contribution in [2.75, 3.05) is 11.9 Å². The van der Waals surface area contributed by atoms with Gasteiger partial charge in [-0.25, -0.2) is 0 Å². The van der Waals surface area contributed by atoms with Crippen LogP contribution in [0.1, 0.15) is 44.3 Å². The number of imide groups is 1. The lowest BCUT2D eigenvalue weighted by molar-refractivity contribution is -0.138. The molecular formula is C28H24ClF3N4O2S. The van der Waals surface area contributed by atoms with E-state index in [0.29, 0.717) is 16.6 Å². The third-order valence-electron chi connectivity index (χ3n) is 6.74. The summed E-state index contributed by atoms with van der Waals surface area (Å²) in [6, 6.07) is 13.0. The molecule has 2 aromatic heterocycles. The van der Waals surface area contributed by atoms with Gasteiger partial charge in [0.15, 0.2) is 5.15 Å². The first-order valence-corrected chi connectivity index (χ1v) is 13.5. The predicted molar refractivity (Wildman–Crippen MR) is 145 cm³/mol. The Labute approximate surface area is 232 Å². The van der Waals surface area contributed by atoms with Gasteiger partial charge >= 0.3 is 6.18 Å². The Morgan fingerprint density at radius 3 is 2.33 bits per heavy atom. The maximum atomic E-state index is 13.8. The van der Waals surface area contributed by atoms with E-state index >= 15 is 0 Å². The molecule has 1 atom stereocenters. The topological polar surface area (TPSA) is 67.2 Å². The second-order valence-corrected chi connectivity index (χ2v) is 10.5. The van der Waals surface area contributed by atoms with Gasteiger partial charge in [-0.2, -0.15) is 18.3 Å². The average molecular weight is 573 g/mol. The van der Waals surface area contributed by atoms with Crippen molar-refractivity contribution in [3.63, 3.8) is 0 Å². The molecule has 0 aliphatic carbocycles. The van der Waals surface area contributed by atoms with Crippen LogP contribution in [0, 0.1) is 0 Å². The van der Waals surface area contributed by atoms with E-state index in [0.717, 1.165) is 27.8 Å². The number of thiophene rings is 1. The molecule has 1 aliphatic rings. The number of benzene rings is 2. The molecular weight excluding hydrogens is 549 g/mol. The van der Waals surface area contributed by atoms with E-state index < -0.39 is 29.6 Å². The lowest BCUT2D eigenvalue weighted by Gasteiger charge is -2.25. The van der Waals surface area contributed by atoms with Gasteiger partial charge in [0, 0.05) is 36.1 Å². The number of nitrogens with zero attached hydrogens (tertiary/aromatic N) is 3. The lowest BCUT2D eigenvalue weighted by Crippen LogP contribution is -2.41. The molecule has 1 aliphatic heterocycles. The zero-order valence-corrected chi connectivity index (χ0v) is 22.6. The molecule has 4 aromatic rings. The molecule has 0 saturated heterocycles. The highest BCUT2D eigenvalue weighted by molar-refractivity contribution is 7.14. The van der Waals surface area contributed by atoms with E-state index in [1.807, 2.05) is 18.4 Å². The lowest BCUT2D eigenvalue weighted by atomic mass is 9.99. The van der Waals surface area contributed by atoms with E-state index in [-0.39, 0.29) is 29.7 Å². The number of anilines is 1. The summed E-state index contributed by atoms with van der Waals surface area (Å²) in [7, 11) is 1.80. The Kier molecular flexibility index (Phi) is 7.26. The van der Waals surface area contributed by atoms with Crippen LogP contribution in [0.15, 0.2) is 60.0 Å². The SMILES string of the molecule is CCc1c(Cl)nn(C)c1-c1csc(N[C@@H](Cc2ccccc2C(F)(F)F)CN2C(=O)c3ccccc3C2=O)c1. The van der Waals surface area contributed by atoms with Crippen LogP contribution >= 0.6 is 22.9 Å². The molecule has 2 aromatic carbocycles. The molecule has 2 amide bonds. The predicted octanol–water partition coefficient (Wildman–Crippen LogP) is 6.70. The number of nitrogens with one attached hydrogen (secondary N) is 1. The van der Waals surface area contributed by atoms with Crippen molar-refractivity contribution in [2.24, 2.45) is 7.05 Å². The fraction of sp³-hybridized carbons (Fsp3) is 0.250. The normalized spacial score (nSPS) is 14.2. The summed E-state index contributed by atoms with van der Waals surface area (Å²) in [6.45, 7) is 1.87. The smallest absolute Gasteiger partial charge is 0.372 e. The number of rotatable bonds is 8. The third kappa shape index (κ3) is 5.18. The van der Waals surface area contributed by atoms with Gasteiger partial charge in [0.1, 0.15) is 0 Å². The Bertz CT molecular complexity index is 1530. The van der Waals surface area contributed by atoms with Crippen molar-refractivity contribution < 1.29 is 22.8 Å². The number of halogens is 4. The van der Waals surface area contributed by atoms with Crippen LogP contribution in [-0.2, 0) is 26.1 Å². The van der Waals surface area contributed by atoms with Crippen LogP contribution in [0.3, 0.4) is 0 Å². The number of hydrogen-bond donors (Lipinski definition) is 1. The summed E-state index contributed by atoms with van der Waals surface area (Å²) in [5.74, 6) is -0.925. The van der Waals surface area contributed by atoms with Gasteiger partial charge in [-0.3, -0.25) is 19.2 Å². The Balaban J connectivity index is 1.47. The standard InChI is InChI=1S/C28H24ClF3N4O2S/c1-3-19-24(35(2)34-25(19)29)17-13-23(39-15-17)33-18(12-16-8-4-7-11-22(16)28(30,31)32)14-36-26(37)20-9-5-6-10-21(20)27(36)38/h4-11,13,15,18,33H,3,12,14H2,1-2H3/t18-/m0/s1. The molecule has 0 unspecified atom stereocenters. The van der Waals surface area contributed by atoms with Crippen LogP contribution in [0.5, 0.6) is 0 Å². The quantitative estimate of drug-likeness (QED) is 0.239. The minimum atomic E-state index is -4.54. The fourth-order valence-corrected chi connectivity index (χ4v) is 6.17. The maximum Gasteiger partial charge on any atom is 0.416 e. The van der Waals surface area contributed by atoms with E-state index in [9.17, 15) is 22.8 Å². The minimum absolute atomic E-state index is 0.0614. The second-order valence-electron chi connectivity index (χ2n) is 9.26. The first-order valence-electron chi connectivity index (χ1n) is 12.3. The Hall–Kier alpha value is -3.63. The van der Waals surface area contributed by atoms with Crippen molar-refractivity contribution in [1.82, 2.24) is 14.7 Å². The summed E-state index contributed by atoms with van der Waals surface area (Å²) in [5, 5.41) is 10.6. The van der Waals surface area contributed by atoms with Crippen LogP contribution < -0.4 is 5.32 Å². The summed E-state index contributed by atoms with van der Waals surface area (Å²) in [6.07, 6.45) is -3.92. The first kappa shape index (κ1) is 27.0. The van der Waals surface area contributed by atoms with Crippen LogP contribution in [0.2, 0.25) is 5.15 Å². The molecule has 0 radical (unpaired) electrons. The number of amides is 2. The highest BCUT2D eigenvalue weighted by Crippen LogP contribution is 2.36. The third-order valence-corrected chi connectivity index (χ3v) is 7.90. The molecule has 5 rings (SSSR count). The van der Waals surface area contributed by atoms with Gasteiger partial charge in [-0.1, -0.05) is 48.9 Å². The highest BCUT2D eigenvalue weighted by Gasteiger charge is 2.38. The van der Waals surface area contributed by atoms with E-state index in [1.54, 1.807) is 42.1 Å². The first-order chi connectivity index (χ1) is 18.6. The molecule has 3 heterocycles. The van der Waals surface area contributed by atoms with Gasteiger partial charge < -0.3 is 5.32 Å². The van der Waals surface area contributed by atoms with Crippen LogP contribution in [-0.4, -0.2) is 39.1 Å². The number of carbonyl (C=O) groups excluding carboxylic acids is 2. The van der Waals surface area contributed by atoms with Crippen molar-refractivity contribution in [2.45, 2.75) is 32.0 Å². The van der Waals surface area contributed by atoms with Crippen molar-refractivity contribution in [1.29, 1.82) is 0 Å². The van der Waals surface area contributed by atoms with E-state index in [1.165, 1.54) is 23.5 Å². The largest absolute Gasteiger partial charge is 0.416 e. The Morgan fingerprint density at radius 1 is 1.05 bits per heavy atom. The zero-order valence-electron chi connectivity index (χ0n) is 21.1. The summed E-state index contributed by atoms with van der Waals surface area (Å²) >= 11 is 7.66. The van der Waals surface area contributed by atoms with Crippen molar-refractivity contribution >= 4 is 39.8 Å². The van der Waals surface area contributed by atoms with Gasteiger partial charge in [0.2, 0.25) is 0 Å². The maximum absolute atomic E-state index is 13.8. The zero-order chi connectivity index (χ0) is 27.9.